The Morgan fingerprint density at radius 1 is 1.71 bits per heavy atom. The molecule has 1 heterocycles. The van der Waals surface area contributed by atoms with E-state index in [0.717, 1.165) is 0 Å². The fourth-order valence-electron chi connectivity index (χ4n) is 0.802. The number of aliphatic hydroxyl groups is 1. The maximum absolute atomic E-state index is 10.8. The highest BCUT2D eigenvalue weighted by molar-refractivity contribution is 9.10. The summed E-state index contributed by atoms with van der Waals surface area (Å²) in [5.74, 6) is -0.675. The molecule has 0 atom stereocenters. The minimum atomic E-state index is -0.684. The summed E-state index contributed by atoms with van der Waals surface area (Å²) in [6.07, 6.45) is 0. The number of hydrogen-bond donors (Lipinski definition) is 2. The highest BCUT2D eigenvalue weighted by Crippen LogP contribution is 2.04. The first-order chi connectivity index (χ1) is 6.65. The maximum atomic E-state index is 10.8. The van der Waals surface area contributed by atoms with Crippen molar-refractivity contribution < 1.29 is 14.6 Å². The first-order valence-electron chi connectivity index (χ1n) is 3.74. The first kappa shape index (κ1) is 11.1. The summed E-state index contributed by atoms with van der Waals surface area (Å²) in [5.41, 5.74) is 5.04. The SMILES string of the molecule is NC(=O)c1nc(Br)nn1COCCO. The molecule has 0 saturated heterocycles. The van der Waals surface area contributed by atoms with Gasteiger partial charge in [-0.25, -0.2) is 4.68 Å². The van der Waals surface area contributed by atoms with E-state index in [9.17, 15) is 4.79 Å². The van der Waals surface area contributed by atoms with E-state index in [0.29, 0.717) is 0 Å². The number of rotatable bonds is 5. The molecule has 0 aromatic carbocycles. The Labute approximate surface area is 88.0 Å². The minimum absolute atomic E-state index is 0.00909. The van der Waals surface area contributed by atoms with Crippen LogP contribution in [0.1, 0.15) is 10.6 Å². The summed E-state index contributed by atoms with van der Waals surface area (Å²) >= 11 is 3.00. The summed E-state index contributed by atoms with van der Waals surface area (Å²) in [6, 6.07) is 0. The zero-order valence-corrected chi connectivity index (χ0v) is 8.77. The molecule has 7 nitrogen and oxygen atoms in total. The number of ether oxygens (including phenoxy) is 1. The molecule has 78 valence electrons. The number of carbonyl (C=O) groups excluding carboxylic acids is 1. The van der Waals surface area contributed by atoms with Crippen LogP contribution in [0.2, 0.25) is 0 Å². The number of nitrogens with zero attached hydrogens (tertiary/aromatic N) is 3. The smallest absolute Gasteiger partial charge is 0.286 e. The number of nitrogens with two attached hydrogens (primary N) is 1. The highest BCUT2D eigenvalue weighted by Gasteiger charge is 2.12. The molecule has 8 heteroatoms. The predicted molar refractivity (Wildman–Crippen MR) is 49.3 cm³/mol. The molecule has 0 unspecified atom stereocenters. The van der Waals surface area contributed by atoms with E-state index in [-0.39, 0.29) is 30.5 Å². The Morgan fingerprint density at radius 2 is 2.43 bits per heavy atom. The van der Waals surface area contributed by atoms with Gasteiger partial charge in [-0.2, -0.15) is 4.98 Å². The molecule has 0 bridgehead atoms. The number of hydrogen-bond acceptors (Lipinski definition) is 5. The van der Waals surface area contributed by atoms with Gasteiger partial charge >= 0.3 is 0 Å². The number of aromatic nitrogens is 3. The van der Waals surface area contributed by atoms with E-state index < -0.39 is 5.91 Å². The third-order valence-electron chi connectivity index (χ3n) is 1.32. The van der Waals surface area contributed by atoms with Crippen LogP contribution in [0.3, 0.4) is 0 Å². The van der Waals surface area contributed by atoms with Crippen LogP contribution >= 0.6 is 15.9 Å². The molecule has 0 fully saturated rings. The molecular formula is C6H9BrN4O3. The van der Waals surface area contributed by atoms with Gasteiger partial charge in [-0.3, -0.25) is 4.79 Å². The summed E-state index contributed by atoms with van der Waals surface area (Å²) in [6.45, 7) is 0.0921. The van der Waals surface area contributed by atoms with Crippen LogP contribution in [0.5, 0.6) is 0 Å². The van der Waals surface area contributed by atoms with Gasteiger partial charge in [0.2, 0.25) is 10.6 Å². The molecule has 0 aliphatic heterocycles. The van der Waals surface area contributed by atoms with E-state index in [1.165, 1.54) is 4.68 Å². The highest BCUT2D eigenvalue weighted by atomic mass is 79.9. The van der Waals surface area contributed by atoms with Crippen LogP contribution in [0.25, 0.3) is 0 Å². The van der Waals surface area contributed by atoms with Crippen molar-refractivity contribution in [3.63, 3.8) is 0 Å². The van der Waals surface area contributed by atoms with Crippen LogP contribution in [0, 0.1) is 0 Å². The summed E-state index contributed by atoms with van der Waals surface area (Å²) in [5, 5.41) is 12.3. The zero-order chi connectivity index (χ0) is 10.6. The minimum Gasteiger partial charge on any atom is -0.394 e. The normalized spacial score (nSPS) is 10.4. The van der Waals surface area contributed by atoms with E-state index in [1.807, 2.05) is 0 Å². The van der Waals surface area contributed by atoms with Crippen LogP contribution in [-0.4, -0.2) is 39.0 Å². The molecule has 0 saturated carbocycles. The van der Waals surface area contributed by atoms with E-state index in [4.69, 9.17) is 15.6 Å². The van der Waals surface area contributed by atoms with Gasteiger partial charge in [0.1, 0.15) is 6.73 Å². The lowest BCUT2D eigenvalue weighted by Crippen LogP contribution is -2.20. The summed E-state index contributed by atoms with van der Waals surface area (Å²) in [4.78, 5) is 14.6. The number of carbonyl (C=O) groups is 1. The van der Waals surface area contributed by atoms with Crippen molar-refractivity contribution in [3.8, 4) is 0 Å². The summed E-state index contributed by atoms with van der Waals surface area (Å²) < 4.78 is 6.43. The van der Waals surface area contributed by atoms with Gasteiger partial charge < -0.3 is 15.6 Å². The number of aliphatic hydroxyl groups excluding tert-OH is 1. The molecule has 1 amide bonds. The molecule has 0 aliphatic rings. The Balaban J connectivity index is 2.69. The fourth-order valence-corrected chi connectivity index (χ4v) is 1.16. The van der Waals surface area contributed by atoms with Crippen LogP contribution in [0.15, 0.2) is 4.73 Å². The number of primary amides is 1. The van der Waals surface area contributed by atoms with E-state index >= 15 is 0 Å². The number of halogens is 1. The molecule has 1 aromatic rings. The van der Waals surface area contributed by atoms with Gasteiger partial charge in [0.05, 0.1) is 13.2 Å². The van der Waals surface area contributed by atoms with Gasteiger partial charge in [0.15, 0.2) is 0 Å². The second-order valence-corrected chi connectivity index (χ2v) is 3.04. The van der Waals surface area contributed by atoms with Crippen LogP contribution in [-0.2, 0) is 11.5 Å². The summed E-state index contributed by atoms with van der Waals surface area (Å²) in [7, 11) is 0. The van der Waals surface area contributed by atoms with Gasteiger partial charge in [-0.05, 0) is 15.9 Å². The van der Waals surface area contributed by atoms with Crippen molar-refractivity contribution >= 4 is 21.8 Å². The van der Waals surface area contributed by atoms with E-state index in [1.54, 1.807) is 0 Å². The van der Waals surface area contributed by atoms with Crippen molar-refractivity contribution in [1.82, 2.24) is 14.8 Å². The molecule has 3 N–H and O–H groups in total. The molecule has 14 heavy (non-hydrogen) atoms. The Bertz CT molecular complexity index is 327. The monoisotopic (exact) mass is 264 g/mol. The lowest BCUT2D eigenvalue weighted by molar-refractivity contribution is 0.0397. The Kier molecular flexibility index (Phi) is 3.98. The van der Waals surface area contributed by atoms with Crippen molar-refractivity contribution in [1.29, 1.82) is 0 Å². The lowest BCUT2D eigenvalue weighted by atomic mass is 10.6. The van der Waals surface area contributed by atoms with Crippen molar-refractivity contribution in [2.75, 3.05) is 13.2 Å². The quantitative estimate of drug-likeness (QED) is 0.672. The molecule has 0 radical (unpaired) electrons. The second kappa shape index (κ2) is 5.03. The zero-order valence-electron chi connectivity index (χ0n) is 7.18. The first-order valence-corrected chi connectivity index (χ1v) is 4.53. The van der Waals surface area contributed by atoms with E-state index in [2.05, 4.69) is 26.0 Å². The Morgan fingerprint density at radius 3 is 3.00 bits per heavy atom. The third-order valence-corrected chi connectivity index (χ3v) is 1.65. The molecule has 1 aromatic heterocycles. The van der Waals surface area contributed by atoms with Gasteiger partial charge in [-0.15, -0.1) is 5.10 Å². The second-order valence-electron chi connectivity index (χ2n) is 2.33. The van der Waals surface area contributed by atoms with Crippen LogP contribution in [0.4, 0.5) is 0 Å². The molecule has 0 spiro atoms. The number of amides is 1. The predicted octanol–water partition coefficient (Wildman–Crippen LogP) is -0.894. The molecular weight excluding hydrogens is 256 g/mol. The third kappa shape index (κ3) is 2.76. The van der Waals surface area contributed by atoms with Crippen LogP contribution < -0.4 is 5.73 Å². The average molecular weight is 265 g/mol. The standard InChI is InChI=1S/C6H9BrN4O3/c7-6-9-5(4(8)13)11(10-6)3-14-2-1-12/h12H,1-3H2,(H2,8,13). The Hall–Kier alpha value is -0.990. The maximum Gasteiger partial charge on any atom is 0.286 e. The van der Waals surface area contributed by atoms with Gasteiger partial charge in [0, 0.05) is 0 Å². The molecule has 1 rings (SSSR count). The van der Waals surface area contributed by atoms with Crippen molar-refractivity contribution in [3.05, 3.63) is 10.6 Å². The largest absolute Gasteiger partial charge is 0.394 e. The van der Waals surface area contributed by atoms with Gasteiger partial charge in [0.25, 0.3) is 5.91 Å². The van der Waals surface area contributed by atoms with Gasteiger partial charge in [-0.1, -0.05) is 0 Å². The fraction of sp³-hybridized carbons (Fsp3) is 0.500. The van der Waals surface area contributed by atoms with Crippen molar-refractivity contribution in [2.45, 2.75) is 6.73 Å². The molecule has 0 aliphatic carbocycles. The average Bonchev–Trinajstić information content (AvgIpc) is 2.47. The topological polar surface area (TPSA) is 103 Å². The lowest BCUT2D eigenvalue weighted by Gasteiger charge is -2.03. The van der Waals surface area contributed by atoms with Crippen molar-refractivity contribution in [2.24, 2.45) is 5.73 Å².